The number of hydrogen-bond donors (Lipinski definition) is 1. The van der Waals surface area contributed by atoms with Gasteiger partial charge in [0.05, 0.1) is 0 Å². The minimum Gasteiger partial charge on any atom is -0.481 e. The van der Waals surface area contributed by atoms with Crippen LogP contribution in [-0.4, -0.2) is 11.1 Å². The minimum absolute atomic E-state index is 0.282. The lowest BCUT2D eigenvalue weighted by Gasteiger charge is -2.74. The van der Waals surface area contributed by atoms with Gasteiger partial charge >= 0.3 is 5.97 Å². The van der Waals surface area contributed by atoms with E-state index in [2.05, 4.69) is 55.4 Å². The molecule has 32 heavy (non-hydrogen) atoms. The van der Waals surface area contributed by atoms with E-state index in [4.69, 9.17) is 0 Å². The molecule has 184 valence electrons. The quantitative estimate of drug-likeness (QED) is 0.470. The maximum absolute atomic E-state index is 11.6. The molecule has 1 N–H and O–H groups in total. The Morgan fingerprint density at radius 2 is 1.41 bits per heavy atom. The zero-order valence-electron chi connectivity index (χ0n) is 22.6. The van der Waals surface area contributed by atoms with Gasteiger partial charge in [-0.25, -0.2) is 0 Å². The molecule has 0 spiro atoms. The third-order valence-electron chi connectivity index (χ3n) is 13.1. The molecule has 4 fully saturated rings. The van der Waals surface area contributed by atoms with Crippen LogP contribution in [0.3, 0.4) is 0 Å². The van der Waals surface area contributed by atoms with Crippen LogP contribution < -0.4 is 0 Å². The van der Waals surface area contributed by atoms with Crippen LogP contribution in [0, 0.1) is 50.2 Å². The monoisotopic (exact) mass is 444 g/mol. The zero-order chi connectivity index (χ0) is 23.8. The molecule has 2 nitrogen and oxygen atoms in total. The Morgan fingerprint density at radius 1 is 0.812 bits per heavy atom. The Labute approximate surface area is 198 Å². The Hall–Kier alpha value is -0.530. The maximum atomic E-state index is 11.6. The van der Waals surface area contributed by atoms with E-state index in [0.29, 0.717) is 39.4 Å². The second-order valence-corrected chi connectivity index (χ2v) is 15.0. The lowest BCUT2D eigenvalue weighted by Crippen LogP contribution is -2.66. The van der Waals surface area contributed by atoms with E-state index in [9.17, 15) is 9.90 Å². The molecule has 4 aliphatic carbocycles. The average molecular weight is 445 g/mol. The summed E-state index contributed by atoms with van der Waals surface area (Å²) in [7, 11) is 0. The molecule has 0 bridgehead atoms. The van der Waals surface area contributed by atoms with Gasteiger partial charge in [-0.15, -0.1) is 0 Å². The molecular weight excluding hydrogens is 392 g/mol. The number of hydrogen-bond acceptors (Lipinski definition) is 1. The van der Waals surface area contributed by atoms with Gasteiger partial charge in [-0.3, -0.25) is 4.79 Å². The van der Waals surface area contributed by atoms with Crippen molar-refractivity contribution in [2.75, 3.05) is 0 Å². The van der Waals surface area contributed by atoms with Crippen LogP contribution >= 0.6 is 0 Å². The highest BCUT2D eigenvalue weighted by Gasteiger charge is 2.69. The van der Waals surface area contributed by atoms with Crippen molar-refractivity contribution in [1.29, 1.82) is 0 Å². The summed E-state index contributed by atoms with van der Waals surface area (Å²) in [5.41, 5.74) is 2.37. The summed E-state index contributed by atoms with van der Waals surface area (Å²) >= 11 is 0. The predicted octanol–water partition coefficient (Wildman–Crippen LogP) is 8.73. The minimum atomic E-state index is -0.612. The molecular formula is C30H52O2. The van der Waals surface area contributed by atoms with Crippen LogP contribution in [0.4, 0.5) is 0 Å². The fraction of sp³-hybridized carbons (Fsp3) is 0.967. The average Bonchev–Trinajstić information content (AvgIpc) is 2.70. The van der Waals surface area contributed by atoms with Crippen LogP contribution in [0.15, 0.2) is 0 Å². The molecule has 0 heterocycles. The van der Waals surface area contributed by atoms with Crippen LogP contribution in [-0.2, 0) is 4.79 Å². The van der Waals surface area contributed by atoms with Crippen molar-refractivity contribution >= 4 is 5.97 Å². The van der Waals surface area contributed by atoms with Gasteiger partial charge in [0.15, 0.2) is 0 Å². The number of rotatable bonds is 4. The highest BCUT2D eigenvalue weighted by molar-refractivity contribution is 5.66. The molecule has 0 aromatic carbocycles. The third-order valence-corrected chi connectivity index (χ3v) is 13.1. The van der Waals surface area contributed by atoms with Gasteiger partial charge in [0.25, 0.3) is 0 Å². The summed E-state index contributed by atoms with van der Waals surface area (Å²) in [6, 6.07) is 0. The van der Waals surface area contributed by atoms with Gasteiger partial charge in [0.1, 0.15) is 0 Å². The molecule has 0 unspecified atom stereocenters. The van der Waals surface area contributed by atoms with E-state index in [1.807, 2.05) is 0 Å². The van der Waals surface area contributed by atoms with Gasteiger partial charge in [-0.05, 0) is 114 Å². The first-order chi connectivity index (χ1) is 14.7. The SMILES string of the molecule is CC[C@@]1(C)CC[C@H]2[C@@](C)(CC[C@@]3(C)[C@@H]4CC(C)(C)CC[C@]4(C)CC[C@]23C)[C@@H]1CCC(=O)O. The van der Waals surface area contributed by atoms with Crippen molar-refractivity contribution in [3.63, 3.8) is 0 Å². The topological polar surface area (TPSA) is 37.3 Å². The lowest BCUT2D eigenvalue weighted by atomic mass is 9.31. The summed E-state index contributed by atoms with van der Waals surface area (Å²) in [6.07, 6.45) is 14.6. The molecule has 2 heteroatoms. The van der Waals surface area contributed by atoms with Crippen molar-refractivity contribution in [2.45, 2.75) is 132 Å². The van der Waals surface area contributed by atoms with E-state index < -0.39 is 5.97 Å². The van der Waals surface area contributed by atoms with Crippen molar-refractivity contribution < 1.29 is 9.90 Å². The summed E-state index contributed by atoms with van der Waals surface area (Å²) in [5, 5.41) is 9.55. The van der Waals surface area contributed by atoms with Gasteiger partial charge in [-0.1, -0.05) is 61.8 Å². The molecule has 8 atom stereocenters. The second kappa shape index (κ2) is 7.48. The van der Waals surface area contributed by atoms with Crippen LogP contribution in [0.5, 0.6) is 0 Å². The van der Waals surface area contributed by atoms with Gasteiger partial charge in [0, 0.05) is 6.42 Å². The summed E-state index contributed by atoms with van der Waals surface area (Å²) in [5.74, 6) is 1.49. The molecule has 4 saturated carbocycles. The first-order valence-corrected chi connectivity index (χ1v) is 13.9. The normalized spacial score (nSPS) is 52.4. The molecule has 0 radical (unpaired) electrons. The maximum Gasteiger partial charge on any atom is 0.303 e. The van der Waals surface area contributed by atoms with Crippen molar-refractivity contribution in [1.82, 2.24) is 0 Å². The molecule has 4 aliphatic rings. The molecule has 0 amide bonds. The summed E-state index contributed by atoms with van der Waals surface area (Å²) in [4.78, 5) is 11.6. The third kappa shape index (κ3) is 3.35. The summed E-state index contributed by atoms with van der Waals surface area (Å²) < 4.78 is 0. The van der Waals surface area contributed by atoms with Crippen LogP contribution in [0.2, 0.25) is 0 Å². The fourth-order valence-electron chi connectivity index (χ4n) is 10.6. The molecule has 4 rings (SSSR count). The number of aliphatic carboxylic acids is 1. The van der Waals surface area contributed by atoms with E-state index in [1.165, 1.54) is 64.2 Å². The zero-order valence-corrected chi connectivity index (χ0v) is 22.6. The fourth-order valence-corrected chi connectivity index (χ4v) is 10.6. The van der Waals surface area contributed by atoms with Gasteiger partial charge in [-0.2, -0.15) is 0 Å². The van der Waals surface area contributed by atoms with Crippen LogP contribution in [0.25, 0.3) is 0 Å². The van der Waals surface area contributed by atoms with Crippen molar-refractivity contribution in [3.05, 3.63) is 0 Å². The highest BCUT2D eigenvalue weighted by atomic mass is 16.4. The van der Waals surface area contributed by atoms with E-state index in [-0.39, 0.29) is 5.41 Å². The van der Waals surface area contributed by atoms with E-state index in [1.54, 1.807) is 0 Å². The Kier molecular flexibility index (Phi) is 5.75. The standard InChI is InChI=1S/C30H52O2/c1-9-26(4)13-12-22-28(6,21(26)10-11-24(31)32)17-19-30(8)23-20-25(2,3)14-15-27(23,5)16-18-29(22,30)7/h21-23H,9-20H2,1-8H3,(H,31,32)/t21-,22+,23-,26+,27-,28+,29-,30+/m1/s1. The van der Waals surface area contributed by atoms with Crippen LogP contribution in [0.1, 0.15) is 132 Å². The lowest BCUT2D eigenvalue weighted by molar-refractivity contribution is -0.251. The summed E-state index contributed by atoms with van der Waals surface area (Å²) in [6.45, 7) is 20.5. The smallest absolute Gasteiger partial charge is 0.303 e. The van der Waals surface area contributed by atoms with Gasteiger partial charge in [0.2, 0.25) is 0 Å². The Balaban J connectivity index is 1.74. The number of carboxylic acids is 1. The predicted molar refractivity (Wildman–Crippen MR) is 133 cm³/mol. The Morgan fingerprint density at radius 3 is 2.03 bits per heavy atom. The Bertz CT molecular complexity index is 756. The van der Waals surface area contributed by atoms with E-state index >= 15 is 0 Å². The largest absolute Gasteiger partial charge is 0.481 e. The van der Waals surface area contributed by atoms with Gasteiger partial charge < -0.3 is 5.11 Å². The number of fused-ring (bicyclic) bond motifs is 5. The van der Waals surface area contributed by atoms with Crippen molar-refractivity contribution in [3.8, 4) is 0 Å². The molecule has 0 aromatic rings. The first-order valence-electron chi connectivity index (χ1n) is 13.9. The number of carboxylic acid groups (broad SMARTS) is 1. The second-order valence-electron chi connectivity index (χ2n) is 15.0. The number of carbonyl (C=O) groups is 1. The molecule has 0 aliphatic heterocycles. The molecule has 0 saturated heterocycles. The highest BCUT2D eigenvalue weighted by Crippen LogP contribution is 2.77. The van der Waals surface area contributed by atoms with E-state index in [0.717, 1.165) is 18.3 Å². The first kappa shape index (κ1) is 24.6. The molecule has 0 aromatic heterocycles. The van der Waals surface area contributed by atoms with Crippen molar-refractivity contribution in [2.24, 2.45) is 50.2 Å².